The number of imide groups is 2. The summed E-state index contributed by atoms with van der Waals surface area (Å²) in [5.74, 6) is 1.25. The zero-order chi connectivity index (χ0) is 28.6. The third kappa shape index (κ3) is 4.18. The van der Waals surface area contributed by atoms with Gasteiger partial charge >= 0.3 is 6.03 Å². The number of urea groups is 1. The molecule has 1 saturated heterocycles. The number of benzene rings is 2. The molecule has 5 aliphatic rings. The number of amides is 4. The van der Waals surface area contributed by atoms with Gasteiger partial charge in [-0.05, 0) is 148 Å². The minimum atomic E-state index is -0.708. The fourth-order valence-corrected chi connectivity index (χ4v) is 8.67. The first kappa shape index (κ1) is 26.0. The Bertz CT molecular complexity index is 1610. The fourth-order valence-electron chi connectivity index (χ4n) is 8.67. The second kappa shape index (κ2) is 9.30. The van der Waals surface area contributed by atoms with E-state index in [9.17, 15) is 14.4 Å². The van der Waals surface area contributed by atoms with Gasteiger partial charge in [-0.2, -0.15) is 0 Å². The van der Waals surface area contributed by atoms with E-state index in [4.69, 9.17) is 0 Å². The van der Waals surface area contributed by atoms with Crippen molar-refractivity contribution in [2.45, 2.75) is 71.6 Å². The molecule has 1 aromatic heterocycles. The van der Waals surface area contributed by atoms with Gasteiger partial charge in [0.1, 0.15) is 5.57 Å². The highest BCUT2D eigenvalue weighted by Gasteiger charge is 2.51. The average molecular weight is 548 g/mol. The summed E-state index contributed by atoms with van der Waals surface area (Å²) in [6.45, 7) is 8.16. The molecule has 2 aromatic carbocycles. The number of nitrogens with one attached hydrogen (secondary N) is 1. The Hall–Kier alpha value is -3.93. The highest BCUT2D eigenvalue weighted by Crippen LogP contribution is 2.60. The maximum absolute atomic E-state index is 13.7. The molecule has 3 aromatic rings. The van der Waals surface area contributed by atoms with Gasteiger partial charge in [-0.3, -0.25) is 14.9 Å². The lowest BCUT2D eigenvalue weighted by atomic mass is 9.48. The van der Waals surface area contributed by atoms with Gasteiger partial charge in [-0.15, -0.1) is 0 Å². The number of carbonyl (C=O) groups is 3. The molecule has 210 valence electrons. The summed E-state index contributed by atoms with van der Waals surface area (Å²) in [5.41, 5.74) is 8.14. The summed E-state index contributed by atoms with van der Waals surface area (Å²) in [6.07, 6.45) is 9.53. The van der Waals surface area contributed by atoms with E-state index in [2.05, 4.69) is 54.1 Å². The predicted molar refractivity (Wildman–Crippen MR) is 160 cm³/mol. The van der Waals surface area contributed by atoms with E-state index in [-0.39, 0.29) is 11.0 Å². The Balaban J connectivity index is 1.19. The Morgan fingerprint density at radius 3 is 2.00 bits per heavy atom. The lowest BCUT2D eigenvalue weighted by Gasteiger charge is -2.57. The Kier molecular flexibility index (Phi) is 5.90. The first-order valence-corrected chi connectivity index (χ1v) is 14.9. The average Bonchev–Trinajstić information content (AvgIpc) is 3.20. The van der Waals surface area contributed by atoms with Crippen molar-refractivity contribution < 1.29 is 14.4 Å². The maximum Gasteiger partial charge on any atom is 0.335 e. The van der Waals surface area contributed by atoms with Crippen molar-refractivity contribution in [1.29, 1.82) is 0 Å². The molecule has 0 spiro atoms. The first-order chi connectivity index (χ1) is 19.6. The van der Waals surface area contributed by atoms with E-state index in [0.717, 1.165) is 45.3 Å². The van der Waals surface area contributed by atoms with Crippen molar-refractivity contribution in [3.8, 4) is 5.69 Å². The second-order valence-electron chi connectivity index (χ2n) is 13.1. The van der Waals surface area contributed by atoms with Crippen molar-refractivity contribution in [1.82, 2.24) is 9.88 Å². The smallest absolute Gasteiger partial charge is 0.318 e. The van der Waals surface area contributed by atoms with Crippen molar-refractivity contribution in [3.05, 3.63) is 87.7 Å². The fraction of sp³-hybridized carbons (Fsp3) is 0.400. The van der Waals surface area contributed by atoms with Crippen LogP contribution in [0.2, 0.25) is 0 Å². The zero-order valence-electron chi connectivity index (χ0n) is 24.3. The maximum atomic E-state index is 13.7. The van der Waals surface area contributed by atoms with Gasteiger partial charge in [-0.25, -0.2) is 9.69 Å². The van der Waals surface area contributed by atoms with Crippen molar-refractivity contribution in [2.75, 3.05) is 4.90 Å². The summed E-state index contributed by atoms with van der Waals surface area (Å²) in [7, 11) is 0. The highest BCUT2D eigenvalue weighted by atomic mass is 16.2. The summed E-state index contributed by atoms with van der Waals surface area (Å²) in [6, 6.07) is 15.6. The van der Waals surface area contributed by atoms with E-state index >= 15 is 0 Å². The van der Waals surface area contributed by atoms with Gasteiger partial charge < -0.3 is 4.57 Å². The van der Waals surface area contributed by atoms with Gasteiger partial charge in [-0.1, -0.05) is 18.2 Å². The normalized spacial score (nSPS) is 28.1. The molecule has 1 N–H and O–H groups in total. The second-order valence-corrected chi connectivity index (χ2v) is 13.1. The number of carbonyl (C=O) groups excluding carboxylic acids is 3. The van der Waals surface area contributed by atoms with Crippen LogP contribution >= 0.6 is 0 Å². The third-order valence-corrected chi connectivity index (χ3v) is 10.4. The largest absolute Gasteiger partial charge is 0.335 e. The van der Waals surface area contributed by atoms with E-state index in [1.807, 2.05) is 32.0 Å². The monoisotopic (exact) mass is 547 g/mol. The van der Waals surface area contributed by atoms with Gasteiger partial charge in [0.25, 0.3) is 11.8 Å². The molecule has 5 fully saturated rings. The minimum absolute atomic E-state index is 0.0462. The Labute approximate surface area is 241 Å². The first-order valence-electron chi connectivity index (χ1n) is 14.9. The SMILES string of the molecule is Cc1ccc(-n2c(C)cc(/C=C3\C(=O)NC(=O)N(c4ccc(C56CC7CC(CC(C7)C5)C6)cc4)C3=O)c2C)cc1C. The van der Waals surface area contributed by atoms with Crippen LogP contribution in [0.3, 0.4) is 0 Å². The molecule has 1 aliphatic heterocycles. The molecule has 41 heavy (non-hydrogen) atoms. The molecule has 2 heterocycles. The van der Waals surface area contributed by atoms with E-state index in [0.29, 0.717) is 5.69 Å². The highest BCUT2D eigenvalue weighted by molar-refractivity contribution is 6.39. The van der Waals surface area contributed by atoms with Gasteiger partial charge in [0, 0.05) is 17.1 Å². The topological polar surface area (TPSA) is 71.4 Å². The quantitative estimate of drug-likeness (QED) is 0.287. The molecule has 4 bridgehead atoms. The van der Waals surface area contributed by atoms with Crippen LogP contribution < -0.4 is 10.2 Å². The standard InChI is InChI=1S/C35H37N3O3/c1-20-5-8-30(11-21(20)2)37-22(3)12-27(23(37)4)16-31-32(39)36-34(41)38(33(31)40)29-9-6-28(7-10-29)35-17-24-13-25(18-35)15-26(14-24)19-35/h5-12,16,24-26H,13-15,17-19H2,1-4H3,(H,36,39,41)/b31-16+. The molecule has 4 amide bonds. The van der Waals surface area contributed by atoms with Crippen LogP contribution in [-0.4, -0.2) is 22.4 Å². The van der Waals surface area contributed by atoms with Crippen LogP contribution in [0.15, 0.2) is 54.1 Å². The number of hydrogen-bond acceptors (Lipinski definition) is 3. The number of aryl methyl sites for hydroxylation is 3. The lowest BCUT2D eigenvalue weighted by Crippen LogP contribution is -2.54. The predicted octanol–water partition coefficient (Wildman–Crippen LogP) is 6.85. The van der Waals surface area contributed by atoms with E-state index < -0.39 is 17.8 Å². The number of hydrogen-bond donors (Lipinski definition) is 1. The van der Waals surface area contributed by atoms with E-state index in [1.54, 1.807) is 6.08 Å². The molecule has 0 atom stereocenters. The molecule has 0 unspecified atom stereocenters. The number of aromatic nitrogens is 1. The molecule has 0 radical (unpaired) electrons. The molecular formula is C35H37N3O3. The number of nitrogens with zero attached hydrogens (tertiary/aromatic N) is 2. The number of barbiturate groups is 1. The van der Waals surface area contributed by atoms with Crippen molar-refractivity contribution >= 4 is 29.6 Å². The Morgan fingerprint density at radius 1 is 0.780 bits per heavy atom. The van der Waals surface area contributed by atoms with Crippen molar-refractivity contribution in [2.24, 2.45) is 17.8 Å². The van der Waals surface area contributed by atoms with Gasteiger partial charge in [0.05, 0.1) is 5.69 Å². The van der Waals surface area contributed by atoms with Crippen LogP contribution in [0.5, 0.6) is 0 Å². The van der Waals surface area contributed by atoms with Gasteiger partial charge in [0.15, 0.2) is 0 Å². The third-order valence-electron chi connectivity index (χ3n) is 10.4. The summed E-state index contributed by atoms with van der Waals surface area (Å²) >= 11 is 0. The number of anilines is 1. The molecule has 4 aliphatic carbocycles. The van der Waals surface area contributed by atoms with Gasteiger partial charge in [0.2, 0.25) is 0 Å². The lowest BCUT2D eigenvalue weighted by molar-refractivity contribution is -0.122. The molecule has 6 heteroatoms. The van der Waals surface area contributed by atoms with Crippen LogP contribution in [-0.2, 0) is 15.0 Å². The summed E-state index contributed by atoms with van der Waals surface area (Å²) in [5, 5.41) is 2.39. The molecule has 8 rings (SSSR count). The summed E-state index contributed by atoms with van der Waals surface area (Å²) in [4.78, 5) is 40.6. The van der Waals surface area contributed by atoms with Crippen molar-refractivity contribution in [3.63, 3.8) is 0 Å². The van der Waals surface area contributed by atoms with E-state index in [1.165, 1.54) is 55.2 Å². The molecule has 6 nitrogen and oxygen atoms in total. The number of rotatable bonds is 4. The van der Waals surface area contributed by atoms with Crippen LogP contribution in [0.25, 0.3) is 11.8 Å². The van der Waals surface area contributed by atoms with Crippen LogP contribution in [0.4, 0.5) is 10.5 Å². The molecule has 4 saturated carbocycles. The van der Waals surface area contributed by atoms with Crippen LogP contribution in [0, 0.1) is 45.4 Å². The Morgan fingerprint density at radius 2 is 1.39 bits per heavy atom. The van der Waals surface area contributed by atoms with Crippen LogP contribution in [0.1, 0.15) is 72.2 Å². The zero-order valence-corrected chi connectivity index (χ0v) is 24.3. The molecular weight excluding hydrogens is 510 g/mol. The summed E-state index contributed by atoms with van der Waals surface area (Å²) < 4.78 is 2.12. The minimum Gasteiger partial charge on any atom is -0.318 e.